The fourth-order valence-electron chi connectivity index (χ4n) is 1.47. The summed E-state index contributed by atoms with van der Waals surface area (Å²) in [7, 11) is 0. The van der Waals surface area contributed by atoms with E-state index in [0.717, 1.165) is 0 Å². The van der Waals surface area contributed by atoms with Gasteiger partial charge in [-0.3, -0.25) is 0 Å². The van der Waals surface area contributed by atoms with Gasteiger partial charge >= 0.3 is 12.6 Å². The number of ether oxygens (including phenoxy) is 1. The number of alkyl halides is 2. The third kappa shape index (κ3) is 5.83. The minimum Gasteiger partial charge on any atom is -0.434 e. The number of hydrogen-bond donors (Lipinski definition) is 3. The summed E-state index contributed by atoms with van der Waals surface area (Å²) in [6.07, 6.45) is -0.0677. The van der Waals surface area contributed by atoms with E-state index in [1.165, 1.54) is 6.07 Å². The van der Waals surface area contributed by atoms with Gasteiger partial charge in [-0.2, -0.15) is 8.78 Å². The predicted molar refractivity (Wildman–Crippen MR) is 71.1 cm³/mol. The summed E-state index contributed by atoms with van der Waals surface area (Å²) in [5, 5.41) is 14.1. The molecule has 0 saturated heterocycles. The average molecular weight is 288 g/mol. The van der Waals surface area contributed by atoms with Crippen molar-refractivity contribution in [3.05, 3.63) is 23.8 Å². The lowest BCUT2D eigenvalue weighted by Gasteiger charge is -2.12. The molecule has 0 saturated carbocycles. The molecule has 7 heteroatoms. The number of rotatable bonds is 6. The van der Waals surface area contributed by atoms with E-state index in [1.807, 2.05) is 0 Å². The summed E-state index contributed by atoms with van der Waals surface area (Å²) in [5.74, 6) is 0.0155. The Bertz CT molecular complexity index is 453. The Labute approximate surface area is 115 Å². The van der Waals surface area contributed by atoms with Crippen molar-refractivity contribution in [2.75, 3.05) is 11.9 Å². The van der Waals surface area contributed by atoms with Crippen LogP contribution < -0.4 is 15.4 Å². The third-order valence-corrected chi connectivity index (χ3v) is 2.51. The molecule has 112 valence electrons. The molecule has 0 fully saturated rings. The number of carbonyl (C=O) groups is 1. The molecule has 0 aliphatic heterocycles. The number of carbonyl (C=O) groups excluding carboxylic acids is 1. The summed E-state index contributed by atoms with van der Waals surface area (Å²) in [6.45, 7) is 0.650. The maximum atomic E-state index is 12.2. The second-order valence-corrected chi connectivity index (χ2v) is 4.38. The Balaban J connectivity index is 2.57. The highest BCUT2D eigenvalue weighted by atomic mass is 19.3. The minimum absolute atomic E-state index is 0.0155. The number of hydrogen-bond acceptors (Lipinski definition) is 3. The van der Waals surface area contributed by atoms with Gasteiger partial charge in [0.05, 0.1) is 6.10 Å². The van der Waals surface area contributed by atoms with Gasteiger partial charge in [-0.15, -0.1) is 0 Å². The number of benzene rings is 1. The fourth-order valence-corrected chi connectivity index (χ4v) is 1.47. The largest absolute Gasteiger partial charge is 0.434 e. The van der Waals surface area contributed by atoms with E-state index < -0.39 is 18.7 Å². The number of aryl methyl sites for hydroxylation is 1. The molecule has 0 aromatic heterocycles. The normalized spacial score (nSPS) is 12.1. The molecule has 1 aromatic rings. The Morgan fingerprint density at radius 3 is 2.75 bits per heavy atom. The van der Waals surface area contributed by atoms with Gasteiger partial charge in [0.2, 0.25) is 0 Å². The first-order valence-corrected chi connectivity index (χ1v) is 6.17. The summed E-state index contributed by atoms with van der Waals surface area (Å²) in [5.41, 5.74) is 0.895. The van der Waals surface area contributed by atoms with Gasteiger partial charge in [-0.05, 0) is 31.9 Å². The van der Waals surface area contributed by atoms with Gasteiger partial charge in [-0.25, -0.2) is 4.79 Å². The van der Waals surface area contributed by atoms with Crippen LogP contribution in [0.4, 0.5) is 19.3 Å². The van der Waals surface area contributed by atoms with E-state index in [9.17, 15) is 13.6 Å². The highest BCUT2D eigenvalue weighted by Gasteiger charge is 2.09. The Hall–Kier alpha value is -1.89. The number of aliphatic hydroxyl groups is 1. The SMILES string of the molecule is Cc1ccc(NC(=O)NCCC(C)O)cc1OC(F)F. The first-order valence-electron chi connectivity index (χ1n) is 6.17. The molecule has 1 unspecified atom stereocenters. The van der Waals surface area contributed by atoms with Crippen LogP contribution in [0, 0.1) is 6.92 Å². The molecule has 1 aromatic carbocycles. The van der Waals surface area contributed by atoms with E-state index >= 15 is 0 Å². The van der Waals surface area contributed by atoms with Crippen molar-refractivity contribution in [2.24, 2.45) is 0 Å². The smallest absolute Gasteiger partial charge is 0.387 e. The molecule has 0 aliphatic rings. The lowest BCUT2D eigenvalue weighted by molar-refractivity contribution is -0.0502. The number of halogens is 2. The van der Waals surface area contributed by atoms with Crippen LogP contribution in [0.15, 0.2) is 18.2 Å². The quantitative estimate of drug-likeness (QED) is 0.753. The van der Waals surface area contributed by atoms with Crippen molar-refractivity contribution in [1.82, 2.24) is 5.32 Å². The molecule has 3 N–H and O–H groups in total. The van der Waals surface area contributed by atoms with Gasteiger partial charge in [0.1, 0.15) is 5.75 Å². The van der Waals surface area contributed by atoms with Gasteiger partial charge in [-0.1, -0.05) is 6.07 Å². The van der Waals surface area contributed by atoms with Crippen LogP contribution in [0.2, 0.25) is 0 Å². The Morgan fingerprint density at radius 2 is 2.15 bits per heavy atom. The maximum absolute atomic E-state index is 12.2. The van der Waals surface area contributed by atoms with Crippen LogP contribution in [-0.2, 0) is 0 Å². The topological polar surface area (TPSA) is 70.6 Å². The standard InChI is InChI=1S/C13H18F2N2O3/c1-8-3-4-10(7-11(8)20-12(14)15)17-13(19)16-6-5-9(2)18/h3-4,7,9,12,18H,5-6H2,1-2H3,(H2,16,17,19). The summed E-state index contributed by atoms with van der Waals surface area (Å²) in [4.78, 5) is 11.5. The van der Waals surface area contributed by atoms with E-state index in [2.05, 4.69) is 15.4 Å². The summed E-state index contributed by atoms with van der Waals surface area (Å²) >= 11 is 0. The summed E-state index contributed by atoms with van der Waals surface area (Å²) in [6, 6.07) is 4.01. The number of anilines is 1. The van der Waals surface area contributed by atoms with Gasteiger partial charge < -0.3 is 20.5 Å². The second-order valence-electron chi connectivity index (χ2n) is 4.38. The second kappa shape index (κ2) is 7.64. The highest BCUT2D eigenvalue weighted by Crippen LogP contribution is 2.24. The molecule has 1 atom stereocenters. The van der Waals surface area contributed by atoms with E-state index in [1.54, 1.807) is 26.0 Å². The number of urea groups is 1. The van der Waals surface area contributed by atoms with Crippen LogP contribution in [0.1, 0.15) is 18.9 Å². The lowest BCUT2D eigenvalue weighted by atomic mass is 10.2. The van der Waals surface area contributed by atoms with Crippen molar-refractivity contribution in [3.8, 4) is 5.75 Å². The van der Waals surface area contributed by atoms with Crippen molar-refractivity contribution in [1.29, 1.82) is 0 Å². The van der Waals surface area contributed by atoms with Gasteiger partial charge in [0.25, 0.3) is 0 Å². The zero-order valence-electron chi connectivity index (χ0n) is 11.3. The van der Waals surface area contributed by atoms with E-state index in [-0.39, 0.29) is 5.75 Å². The molecule has 0 aliphatic carbocycles. The first kappa shape index (κ1) is 16.2. The van der Waals surface area contributed by atoms with Crippen LogP contribution in [0.3, 0.4) is 0 Å². The minimum atomic E-state index is -2.91. The summed E-state index contributed by atoms with van der Waals surface area (Å²) < 4.78 is 28.7. The van der Waals surface area contributed by atoms with Crippen molar-refractivity contribution in [3.63, 3.8) is 0 Å². The Morgan fingerprint density at radius 1 is 1.45 bits per heavy atom. The molecule has 0 bridgehead atoms. The molecule has 0 radical (unpaired) electrons. The molecule has 0 spiro atoms. The maximum Gasteiger partial charge on any atom is 0.387 e. The van der Waals surface area contributed by atoms with Crippen LogP contribution >= 0.6 is 0 Å². The van der Waals surface area contributed by atoms with E-state index in [0.29, 0.717) is 24.2 Å². The monoisotopic (exact) mass is 288 g/mol. The zero-order valence-corrected chi connectivity index (χ0v) is 11.3. The molecule has 20 heavy (non-hydrogen) atoms. The van der Waals surface area contributed by atoms with Crippen molar-refractivity contribution < 1.29 is 23.4 Å². The average Bonchev–Trinajstić information content (AvgIpc) is 2.32. The zero-order chi connectivity index (χ0) is 15.1. The van der Waals surface area contributed by atoms with Crippen LogP contribution in [0.25, 0.3) is 0 Å². The first-order chi connectivity index (χ1) is 9.38. The van der Waals surface area contributed by atoms with Gasteiger partial charge in [0.15, 0.2) is 0 Å². The molecule has 1 rings (SSSR count). The number of amides is 2. The van der Waals surface area contributed by atoms with Crippen molar-refractivity contribution >= 4 is 11.7 Å². The molecular formula is C13H18F2N2O3. The van der Waals surface area contributed by atoms with E-state index in [4.69, 9.17) is 5.11 Å². The third-order valence-electron chi connectivity index (χ3n) is 2.51. The fraction of sp³-hybridized carbons (Fsp3) is 0.462. The molecule has 2 amide bonds. The van der Waals surface area contributed by atoms with Crippen LogP contribution in [-0.4, -0.2) is 30.4 Å². The lowest BCUT2D eigenvalue weighted by Crippen LogP contribution is -2.30. The van der Waals surface area contributed by atoms with Crippen molar-refractivity contribution in [2.45, 2.75) is 33.0 Å². The Kier molecular flexibility index (Phi) is 6.17. The molecule has 5 nitrogen and oxygen atoms in total. The van der Waals surface area contributed by atoms with Gasteiger partial charge in [0, 0.05) is 18.3 Å². The molecular weight excluding hydrogens is 270 g/mol. The highest BCUT2D eigenvalue weighted by molar-refractivity contribution is 5.89. The van der Waals surface area contributed by atoms with Crippen LogP contribution in [0.5, 0.6) is 5.75 Å². The number of aliphatic hydroxyl groups excluding tert-OH is 1. The predicted octanol–water partition coefficient (Wildman–Crippen LogP) is 2.49. The number of nitrogens with one attached hydrogen (secondary N) is 2. The molecule has 0 heterocycles.